The van der Waals surface area contributed by atoms with E-state index in [1.807, 2.05) is 13.8 Å². The third kappa shape index (κ3) is 1.78. The predicted octanol–water partition coefficient (Wildman–Crippen LogP) is 2.56. The van der Waals surface area contributed by atoms with Crippen LogP contribution in [0.1, 0.15) is 16.7 Å². The molecule has 0 saturated heterocycles. The van der Waals surface area contributed by atoms with Crippen LogP contribution in [-0.2, 0) is 6.32 Å². The number of hydrogen-bond donors (Lipinski definition) is 2. The smallest absolute Gasteiger partial charge is 0.135 e. The fraction of sp³-hybridized carbons (Fsp3) is 0.400. The molecular weight excluding hydrogens is 211 g/mol. The third-order valence-electron chi connectivity index (χ3n) is 2.49. The summed E-state index contributed by atoms with van der Waals surface area (Å²) in [6.45, 7) is 4.03. The molecule has 1 rings (SSSR count). The highest BCUT2D eigenvalue weighted by Gasteiger charge is 2.14. The molecule has 0 aliphatic heterocycles. The summed E-state index contributed by atoms with van der Waals surface area (Å²) in [5, 5.41) is 0. The van der Waals surface area contributed by atoms with E-state index in [9.17, 15) is 0 Å². The Morgan fingerprint density at radius 3 is 2.14 bits per heavy atom. The Bertz CT molecular complexity index is 329. The Morgan fingerprint density at radius 2 is 1.71 bits per heavy atom. The van der Waals surface area contributed by atoms with E-state index >= 15 is 0 Å². The van der Waals surface area contributed by atoms with Crippen LogP contribution in [0.3, 0.4) is 0 Å². The van der Waals surface area contributed by atoms with Gasteiger partial charge in [0.2, 0.25) is 0 Å². The second-order valence-corrected chi connectivity index (χ2v) is 4.06. The van der Waals surface area contributed by atoms with Crippen molar-refractivity contribution in [2.75, 3.05) is 7.11 Å². The second-order valence-electron chi connectivity index (χ2n) is 3.16. The molecular formula is C10H13BOS2. The molecule has 2 radical (unpaired) electrons. The Labute approximate surface area is 97.5 Å². The van der Waals surface area contributed by atoms with E-state index in [1.54, 1.807) is 7.11 Å². The van der Waals surface area contributed by atoms with Gasteiger partial charge in [0.05, 0.1) is 19.9 Å². The maximum atomic E-state index is 5.68. The first-order chi connectivity index (χ1) is 6.54. The molecule has 0 unspecified atom stereocenters. The Balaban J connectivity index is 3.57. The van der Waals surface area contributed by atoms with E-state index < -0.39 is 0 Å². The monoisotopic (exact) mass is 224 g/mol. The first-order valence-electron chi connectivity index (χ1n) is 4.32. The van der Waals surface area contributed by atoms with E-state index in [4.69, 9.17) is 12.6 Å². The van der Waals surface area contributed by atoms with E-state index in [2.05, 4.69) is 25.3 Å². The van der Waals surface area contributed by atoms with Crippen molar-refractivity contribution in [2.45, 2.75) is 30.0 Å². The van der Waals surface area contributed by atoms with Gasteiger partial charge in [-0.2, -0.15) is 0 Å². The van der Waals surface area contributed by atoms with Gasteiger partial charge in [0.1, 0.15) is 5.75 Å². The molecule has 0 saturated carbocycles. The van der Waals surface area contributed by atoms with Gasteiger partial charge < -0.3 is 4.74 Å². The molecule has 0 N–H and O–H groups in total. The molecule has 0 atom stereocenters. The zero-order valence-electron chi connectivity index (χ0n) is 8.59. The van der Waals surface area contributed by atoms with Crippen LogP contribution in [0.2, 0.25) is 0 Å². The highest BCUT2D eigenvalue weighted by Crippen LogP contribution is 2.37. The van der Waals surface area contributed by atoms with Crippen LogP contribution in [0, 0.1) is 13.8 Å². The molecule has 1 aromatic rings. The minimum Gasteiger partial charge on any atom is -0.495 e. The van der Waals surface area contributed by atoms with Crippen LogP contribution in [-0.4, -0.2) is 15.0 Å². The maximum absolute atomic E-state index is 5.68. The van der Waals surface area contributed by atoms with Crippen molar-refractivity contribution >= 4 is 33.1 Å². The molecule has 0 aliphatic carbocycles. The normalized spacial score (nSPS) is 10.4. The molecule has 0 aromatic heterocycles. The molecule has 74 valence electrons. The first kappa shape index (κ1) is 11.9. The van der Waals surface area contributed by atoms with E-state index in [-0.39, 0.29) is 0 Å². The molecule has 0 amide bonds. The van der Waals surface area contributed by atoms with Gasteiger partial charge in [-0.25, -0.2) is 0 Å². The summed E-state index contributed by atoms with van der Waals surface area (Å²) in [5.41, 5.74) is 3.25. The summed E-state index contributed by atoms with van der Waals surface area (Å²) >= 11 is 8.77. The average Bonchev–Trinajstić information content (AvgIpc) is 2.20. The molecule has 0 aliphatic rings. The van der Waals surface area contributed by atoms with Crippen molar-refractivity contribution in [3.05, 3.63) is 16.7 Å². The van der Waals surface area contributed by atoms with Crippen molar-refractivity contribution in [3.8, 4) is 5.75 Å². The molecule has 0 heterocycles. The standard InChI is InChI=1S/C10H13BOS2/c1-5-6(2)9(13)10(14)8(12-3)7(5)4-11/h13-14H,4H2,1-3H3. The number of rotatable bonds is 2. The quantitative estimate of drug-likeness (QED) is 0.579. The van der Waals surface area contributed by atoms with Crippen molar-refractivity contribution < 1.29 is 4.74 Å². The lowest BCUT2D eigenvalue weighted by Crippen LogP contribution is -2.00. The van der Waals surface area contributed by atoms with Crippen molar-refractivity contribution in [3.63, 3.8) is 0 Å². The van der Waals surface area contributed by atoms with Crippen molar-refractivity contribution in [1.29, 1.82) is 0 Å². The summed E-state index contributed by atoms with van der Waals surface area (Å²) < 4.78 is 5.28. The van der Waals surface area contributed by atoms with E-state index in [0.29, 0.717) is 6.32 Å². The van der Waals surface area contributed by atoms with Crippen LogP contribution in [0.25, 0.3) is 0 Å². The highest BCUT2D eigenvalue weighted by atomic mass is 32.1. The molecule has 0 spiro atoms. The van der Waals surface area contributed by atoms with Crippen LogP contribution in [0.15, 0.2) is 9.79 Å². The predicted molar refractivity (Wildman–Crippen MR) is 66.4 cm³/mol. The summed E-state index contributed by atoms with van der Waals surface area (Å²) in [5.74, 6) is 0.740. The van der Waals surface area contributed by atoms with Crippen LogP contribution >= 0.6 is 25.3 Å². The zero-order chi connectivity index (χ0) is 10.9. The minimum atomic E-state index is 0.456. The number of benzene rings is 1. The third-order valence-corrected chi connectivity index (χ3v) is 3.65. The van der Waals surface area contributed by atoms with Gasteiger partial charge in [0.25, 0.3) is 0 Å². The van der Waals surface area contributed by atoms with Crippen LogP contribution < -0.4 is 4.74 Å². The second kappa shape index (κ2) is 4.54. The minimum absolute atomic E-state index is 0.456. The average molecular weight is 224 g/mol. The lowest BCUT2D eigenvalue weighted by molar-refractivity contribution is 0.398. The highest BCUT2D eigenvalue weighted by molar-refractivity contribution is 7.83. The van der Waals surface area contributed by atoms with E-state index in [0.717, 1.165) is 32.2 Å². The number of ether oxygens (including phenoxy) is 1. The molecule has 1 aromatic carbocycles. The lowest BCUT2D eigenvalue weighted by atomic mass is 9.90. The molecule has 14 heavy (non-hydrogen) atoms. The molecule has 0 bridgehead atoms. The fourth-order valence-corrected chi connectivity index (χ4v) is 2.13. The first-order valence-corrected chi connectivity index (χ1v) is 5.22. The largest absolute Gasteiger partial charge is 0.495 e. The SMILES string of the molecule is [B]Cc1c(C)c(C)c(S)c(S)c1OC. The van der Waals surface area contributed by atoms with Gasteiger partial charge in [-0.3, -0.25) is 0 Å². The number of hydrogen-bond acceptors (Lipinski definition) is 3. The zero-order valence-corrected chi connectivity index (χ0v) is 10.4. The van der Waals surface area contributed by atoms with Gasteiger partial charge in [-0.1, -0.05) is 6.32 Å². The summed E-state index contributed by atoms with van der Waals surface area (Å²) in [4.78, 5) is 1.62. The molecule has 0 fully saturated rings. The summed E-state index contributed by atoms with van der Waals surface area (Å²) in [6.07, 6.45) is 0.456. The lowest BCUT2D eigenvalue weighted by Gasteiger charge is -2.17. The Morgan fingerprint density at radius 1 is 1.14 bits per heavy atom. The Hall–Kier alpha value is -0.215. The maximum Gasteiger partial charge on any atom is 0.135 e. The molecule has 4 heteroatoms. The van der Waals surface area contributed by atoms with Gasteiger partial charge in [0, 0.05) is 4.90 Å². The van der Waals surface area contributed by atoms with Crippen molar-refractivity contribution in [2.24, 2.45) is 0 Å². The topological polar surface area (TPSA) is 9.23 Å². The van der Waals surface area contributed by atoms with Gasteiger partial charge in [-0.05, 0) is 30.5 Å². The number of thiol groups is 2. The molecule has 1 nitrogen and oxygen atoms in total. The van der Waals surface area contributed by atoms with Crippen LogP contribution in [0.5, 0.6) is 5.75 Å². The summed E-state index contributed by atoms with van der Waals surface area (Å²) in [7, 11) is 7.30. The number of methoxy groups -OCH3 is 1. The van der Waals surface area contributed by atoms with E-state index in [1.165, 1.54) is 0 Å². The Kier molecular flexibility index (Phi) is 3.84. The van der Waals surface area contributed by atoms with Crippen molar-refractivity contribution in [1.82, 2.24) is 0 Å². The van der Waals surface area contributed by atoms with Crippen LogP contribution in [0.4, 0.5) is 0 Å². The van der Waals surface area contributed by atoms with Gasteiger partial charge in [-0.15, -0.1) is 25.3 Å². The fourth-order valence-electron chi connectivity index (χ4n) is 1.47. The summed E-state index contributed by atoms with van der Waals surface area (Å²) in [6, 6.07) is 0. The van der Waals surface area contributed by atoms with Gasteiger partial charge >= 0.3 is 0 Å². The van der Waals surface area contributed by atoms with Gasteiger partial charge in [0.15, 0.2) is 0 Å².